The number of ketones is 1. The largest absolute Gasteiger partial charge is 0.368 e. The van der Waals surface area contributed by atoms with E-state index in [-0.39, 0.29) is 5.78 Å². The van der Waals surface area contributed by atoms with E-state index < -0.39 is 0 Å². The summed E-state index contributed by atoms with van der Waals surface area (Å²) in [6.45, 7) is 5.46. The van der Waals surface area contributed by atoms with Gasteiger partial charge in [0.25, 0.3) is 0 Å². The van der Waals surface area contributed by atoms with E-state index in [2.05, 4.69) is 59.3 Å². The van der Waals surface area contributed by atoms with E-state index in [9.17, 15) is 4.79 Å². The molecular weight excluding hydrogens is 450 g/mol. The molecule has 0 atom stereocenters. The standard InChI is InChI=1S/C28H29N7O/c1-2-25-30-27(31-26-20-22(13-14-29-26)24(36)19-21-9-5-3-6-10-21)33-28(32-25)35-17-15-34(16-18-35)23-11-7-4-8-12-23/h3-14,20H,2,15-19H2,1H3,(H,29,30,31,32,33). The predicted octanol–water partition coefficient (Wildman–Crippen LogP) is 4.32. The molecule has 0 amide bonds. The minimum Gasteiger partial charge on any atom is -0.368 e. The lowest BCUT2D eigenvalue weighted by Crippen LogP contribution is -2.47. The highest BCUT2D eigenvalue weighted by Gasteiger charge is 2.21. The second-order valence-corrected chi connectivity index (χ2v) is 8.68. The average molecular weight is 480 g/mol. The molecule has 36 heavy (non-hydrogen) atoms. The van der Waals surface area contributed by atoms with Crippen molar-refractivity contribution in [1.82, 2.24) is 19.9 Å². The van der Waals surface area contributed by atoms with Gasteiger partial charge < -0.3 is 15.1 Å². The van der Waals surface area contributed by atoms with Crippen LogP contribution in [0.1, 0.15) is 28.7 Å². The van der Waals surface area contributed by atoms with Crippen LogP contribution in [0.25, 0.3) is 0 Å². The van der Waals surface area contributed by atoms with Gasteiger partial charge in [-0.3, -0.25) is 4.79 Å². The normalized spacial score (nSPS) is 13.5. The highest BCUT2D eigenvalue weighted by molar-refractivity contribution is 5.98. The van der Waals surface area contributed by atoms with Crippen LogP contribution in [-0.4, -0.2) is 51.9 Å². The van der Waals surface area contributed by atoms with Crippen LogP contribution in [-0.2, 0) is 12.8 Å². The topological polar surface area (TPSA) is 87.1 Å². The van der Waals surface area contributed by atoms with Crippen molar-refractivity contribution >= 4 is 29.2 Å². The van der Waals surface area contributed by atoms with Gasteiger partial charge in [-0.2, -0.15) is 15.0 Å². The van der Waals surface area contributed by atoms with Gasteiger partial charge in [0, 0.05) is 56.5 Å². The SMILES string of the molecule is CCc1nc(Nc2cc(C(=O)Cc3ccccc3)ccn2)nc(N2CCN(c3ccccc3)CC2)n1. The molecule has 2 aromatic carbocycles. The van der Waals surface area contributed by atoms with Gasteiger partial charge in [0.05, 0.1) is 0 Å². The number of nitrogens with zero attached hydrogens (tertiary/aromatic N) is 6. The molecule has 0 spiro atoms. The van der Waals surface area contributed by atoms with Crippen molar-refractivity contribution in [2.75, 3.05) is 41.3 Å². The molecular formula is C28H29N7O. The van der Waals surface area contributed by atoms with E-state index in [0.29, 0.717) is 41.9 Å². The maximum absolute atomic E-state index is 12.8. The van der Waals surface area contributed by atoms with E-state index in [1.165, 1.54) is 5.69 Å². The van der Waals surface area contributed by atoms with Crippen LogP contribution in [0.3, 0.4) is 0 Å². The lowest BCUT2D eigenvalue weighted by atomic mass is 10.0. The number of rotatable bonds is 8. The molecule has 8 nitrogen and oxygen atoms in total. The molecule has 0 bridgehead atoms. The van der Waals surface area contributed by atoms with Crippen LogP contribution in [0, 0.1) is 0 Å². The number of piperazine rings is 1. The fourth-order valence-corrected chi connectivity index (χ4v) is 4.24. The summed E-state index contributed by atoms with van der Waals surface area (Å²) in [6.07, 6.45) is 2.67. The number of para-hydroxylation sites is 1. The number of benzene rings is 2. The third-order valence-electron chi connectivity index (χ3n) is 6.20. The Bertz CT molecular complexity index is 1310. The number of carbonyl (C=O) groups is 1. The summed E-state index contributed by atoms with van der Waals surface area (Å²) < 4.78 is 0. The fourth-order valence-electron chi connectivity index (χ4n) is 4.24. The number of hydrogen-bond donors (Lipinski definition) is 1. The maximum atomic E-state index is 12.8. The van der Waals surface area contributed by atoms with Crippen LogP contribution < -0.4 is 15.1 Å². The molecule has 0 unspecified atom stereocenters. The zero-order valence-electron chi connectivity index (χ0n) is 20.3. The Kier molecular flexibility index (Phi) is 7.12. The quantitative estimate of drug-likeness (QED) is 0.374. The minimum absolute atomic E-state index is 0.0357. The molecule has 0 saturated carbocycles. The first-order valence-electron chi connectivity index (χ1n) is 12.3. The molecule has 8 heteroatoms. The third kappa shape index (κ3) is 5.66. The fraction of sp³-hybridized carbons (Fsp3) is 0.250. The summed E-state index contributed by atoms with van der Waals surface area (Å²) in [7, 11) is 0. The van der Waals surface area contributed by atoms with Crippen LogP contribution >= 0.6 is 0 Å². The van der Waals surface area contributed by atoms with E-state index in [0.717, 1.165) is 31.7 Å². The molecule has 1 aliphatic heterocycles. The minimum atomic E-state index is 0.0357. The summed E-state index contributed by atoms with van der Waals surface area (Å²) in [5.41, 5.74) is 2.81. The number of nitrogens with one attached hydrogen (secondary N) is 1. The number of hydrogen-bond acceptors (Lipinski definition) is 8. The van der Waals surface area contributed by atoms with Crippen molar-refractivity contribution in [3.63, 3.8) is 0 Å². The number of aromatic nitrogens is 4. The Morgan fingerprint density at radius 1 is 0.861 bits per heavy atom. The average Bonchev–Trinajstić information content (AvgIpc) is 2.94. The van der Waals surface area contributed by atoms with Gasteiger partial charge in [-0.05, 0) is 29.8 Å². The first kappa shape index (κ1) is 23.4. The maximum Gasteiger partial charge on any atom is 0.233 e. The highest BCUT2D eigenvalue weighted by atomic mass is 16.1. The Morgan fingerprint density at radius 2 is 1.56 bits per heavy atom. The number of Topliss-reactive ketones (excluding diaryl/α,β-unsaturated/α-hetero) is 1. The van der Waals surface area contributed by atoms with E-state index in [1.807, 2.05) is 43.3 Å². The zero-order valence-corrected chi connectivity index (χ0v) is 20.3. The van der Waals surface area contributed by atoms with Crippen molar-refractivity contribution in [3.05, 3.63) is 95.9 Å². The lowest BCUT2D eigenvalue weighted by Gasteiger charge is -2.36. The number of anilines is 4. The molecule has 3 heterocycles. The molecule has 1 N–H and O–H groups in total. The number of carbonyl (C=O) groups excluding carboxylic acids is 1. The number of aryl methyl sites for hydroxylation is 1. The van der Waals surface area contributed by atoms with E-state index in [1.54, 1.807) is 18.3 Å². The Labute approximate surface area is 211 Å². The molecule has 182 valence electrons. The Hall–Kier alpha value is -4.33. The molecule has 1 saturated heterocycles. The van der Waals surface area contributed by atoms with Gasteiger partial charge in [0.15, 0.2) is 5.78 Å². The van der Waals surface area contributed by atoms with Crippen LogP contribution in [0.5, 0.6) is 0 Å². The van der Waals surface area contributed by atoms with Crippen molar-refractivity contribution in [2.45, 2.75) is 19.8 Å². The summed E-state index contributed by atoms with van der Waals surface area (Å²) in [5.74, 6) is 2.37. The van der Waals surface area contributed by atoms with Crippen LogP contribution in [0.4, 0.5) is 23.4 Å². The zero-order chi connectivity index (χ0) is 24.7. The second kappa shape index (κ2) is 10.9. The van der Waals surface area contributed by atoms with Crippen LogP contribution in [0.2, 0.25) is 0 Å². The van der Waals surface area contributed by atoms with Crippen LogP contribution in [0.15, 0.2) is 79.0 Å². The lowest BCUT2D eigenvalue weighted by molar-refractivity contribution is 0.0993. The van der Waals surface area contributed by atoms with Gasteiger partial charge in [-0.1, -0.05) is 55.5 Å². The summed E-state index contributed by atoms with van der Waals surface area (Å²) >= 11 is 0. The Morgan fingerprint density at radius 3 is 2.28 bits per heavy atom. The Balaban J connectivity index is 1.29. The monoisotopic (exact) mass is 479 g/mol. The van der Waals surface area contributed by atoms with Crippen molar-refractivity contribution in [3.8, 4) is 0 Å². The molecule has 0 radical (unpaired) electrons. The number of pyridine rings is 1. The van der Waals surface area contributed by atoms with Gasteiger partial charge in [0.2, 0.25) is 11.9 Å². The molecule has 1 aliphatic rings. The van der Waals surface area contributed by atoms with Gasteiger partial charge in [-0.25, -0.2) is 4.98 Å². The third-order valence-corrected chi connectivity index (χ3v) is 6.20. The van der Waals surface area contributed by atoms with Gasteiger partial charge in [0.1, 0.15) is 11.6 Å². The van der Waals surface area contributed by atoms with Gasteiger partial charge >= 0.3 is 0 Å². The molecule has 2 aromatic heterocycles. The molecule has 4 aromatic rings. The van der Waals surface area contributed by atoms with Gasteiger partial charge in [-0.15, -0.1) is 0 Å². The molecule has 1 fully saturated rings. The highest BCUT2D eigenvalue weighted by Crippen LogP contribution is 2.20. The summed E-state index contributed by atoms with van der Waals surface area (Å²) in [6, 6.07) is 23.7. The second-order valence-electron chi connectivity index (χ2n) is 8.68. The first-order valence-corrected chi connectivity index (χ1v) is 12.3. The van der Waals surface area contributed by atoms with Crippen molar-refractivity contribution < 1.29 is 4.79 Å². The first-order chi connectivity index (χ1) is 17.7. The smallest absolute Gasteiger partial charge is 0.233 e. The molecule has 5 rings (SSSR count). The van der Waals surface area contributed by atoms with E-state index in [4.69, 9.17) is 0 Å². The van der Waals surface area contributed by atoms with Crippen molar-refractivity contribution in [1.29, 1.82) is 0 Å². The summed E-state index contributed by atoms with van der Waals surface area (Å²) in [5, 5.41) is 3.19. The van der Waals surface area contributed by atoms with Crippen molar-refractivity contribution in [2.24, 2.45) is 0 Å². The summed E-state index contributed by atoms with van der Waals surface area (Å²) in [4.78, 5) is 35.7. The molecule has 0 aliphatic carbocycles. The predicted molar refractivity (Wildman–Crippen MR) is 142 cm³/mol. The van der Waals surface area contributed by atoms with E-state index >= 15 is 0 Å².